The number of fused-ring (bicyclic) bond motifs is 1. The van der Waals surface area contributed by atoms with Gasteiger partial charge in [0.2, 0.25) is 0 Å². The normalized spacial score (nSPS) is 20.6. The van der Waals surface area contributed by atoms with Gasteiger partial charge in [0, 0.05) is 37.9 Å². The number of imide groups is 1. The van der Waals surface area contributed by atoms with Crippen molar-refractivity contribution in [2.24, 2.45) is 0 Å². The molecule has 4 rings (SSSR count). The van der Waals surface area contributed by atoms with E-state index in [2.05, 4.69) is 15.5 Å². The highest BCUT2D eigenvalue weighted by Gasteiger charge is 2.40. The second-order valence-electron chi connectivity index (χ2n) is 7.87. The molecular formula is C21H28N4O4. The van der Waals surface area contributed by atoms with Gasteiger partial charge in [0.05, 0.1) is 24.3 Å². The highest BCUT2D eigenvalue weighted by Crippen LogP contribution is 2.32. The number of urea groups is 1. The highest BCUT2D eigenvalue weighted by atomic mass is 16.5. The van der Waals surface area contributed by atoms with Crippen LogP contribution in [0.5, 0.6) is 0 Å². The Morgan fingerprint density at radius 1 is 1.03 bits per heavy atom. The van der Waals surface area contributed by atoms with E-state index in [0.717, 1.165) is 65.0 Å². The third-order valence-electron chi connectivity index (χ3n) is 5.93. The standard InChI is InChI=1S/C21H28N4O4/c26-19-17-7-6-15(23-21(28)22-8-9-24-10-12-29-13-11-24)14-18(17)20(27)25(19)16-4-2-1-3-5-16/h6-7,14,16H,1-5,8-13H2,(H2,22,23,28). The van der Waals surface area contributed by atoms with Crippen LogP contribution in [0.1, 0.15) is 52.8 Å². The zero-order valence-corrected chi connectivity index (χ0v) is 16.6. The van der Waals surface area contributed by atoms with Crippen LogP contribution in [0.25, 0.3) is 0 Å². The second-order valence-corrected chi connectivity index (χ2v) is 7.87. The molecule has 2 heterocycles. The van der Waals surface area contributed by atoms with Crippen LogP contribution in [0.4, 0.5) is 10.5 Å². The fraction of sp³-hybridized carbons (Fsp3) is 0.571. The van der Waals surface area contributed by atoms with Crippen molar-refractivity contribution in [3.63, 3.8) is 0 Å². The minimum atomic E-state index is -0.320. The molecule has 2 fully saturated rings. The average molecular weight is 400 g/mol. The third-order valence-corrected chi connectivity index (χ3v) is 5.93. The average Bonchev–Trinajstić information content (AvgIpc) is 2.99. The number of hydrogen-bond donors (Lipinski definition) is 2. The number of nitrogens with zero attached hydrogens (tertiary/aromatic N) is 2. The number of anilines is 1. The van der Waals surface area contributed by atoms with E-state index in [1.807, 2.05) is 0 Å². The van der Waals surface area contributed by atoms with Gasteiger partial charge in [-0.1, -0.05) is 19.3 Å². The SMILES string of the molecule is O=C(NCCN1CCOCC1)Nc1ccc2c(c1)C(=O)N(C1CCCCC1)C2=O. The molecule has 4 amide bonds. The number of benzene rings is 1. The number of amides is 4. The fourth-order valence-electron chi connectivity index (χ4n) is 4.34. The number of hydrogen-bond acceptors (Lipinski definition) is 5. The molecule has 3 aliphatic rings. The van der Waals surface area contributed by atoms with Crippen LogP contribution in [0.2, 0.25) is 0 Å². The molecule has 0 atom stereocenters. The molecule has 1 aliphatic carbocycles. The lowest BCUT2D eigenvalue weighted by Gasteiger charge is -2.29. The van der Waals surface area contributed by atoms with Gasteiger partial charge < -0.3 is 15.4 Å². The molecule has 156 valence electrons. The van der Waals surface area contributed by atoms with E-state index in [4.69, 9.17) is 4.74 Å². The maximum absolute atomic E-state index is 12.9. The minimum absolute atomic E-state index is 0.00366. The molecule has 8 heteroatoms. The Hall–Kier alpha value is -2.45. The van der Waals surface area contributed by atoms with Gasteiger partial charge in [0.1, 0.15) is 0 Å². The van der Waals surface area contributed by atoms with E-state index in [1.165, 1.54) is 4.90 Å². The van der Waals surface area contributed by atoms with Gasteiger partial charge >= 0.3 is 6.03 Å². The van der Waals surface area contributed by atoms with E-state index in [9.17, 15) is 14.4 Å². The van der Waals surface area contributed by atoms with Crippen LogP contribution in [0.3, 0.4) is 0 Å². The van der Waals surface area contributed by atoms with E-state index in [-0.39, 0.29) is 23.9 Å². The van der Waals surface area contributed by atoms with Gasteiger partial charge in [-0.3, -0.25) is 19.4 Å². The molecule has 0 radical (unpaired) electrons. The summed E-state index contributed by atoms with van der Waals surface area (Å²) in [6.07, 6.45) is 5.02. The lowest BCUT2D eigenvalue weighted by atomic mass is 9.94. The Kier molecular flexibility index (Phi) is 6.10. The van der Waals surface area contributed by atoms with Gasteiger partial charge in [0.25, 0.3) is 11.8 Å². The summed E-state index contributed by atoms with van der Waals surface area (Å²) in [4.78, 5) is 41.4. The summed E-state index contributed by atoms with van der Waals surface area (Å²) in [5, 5.41) is 5.60. The monoisotopic (exact) mass is 400 g/mol. The van der Waals surface area contributed by atoms with Crippen molar-refractivity contribution in [2.75, 3.05) is 44.7 Å². The number of ether oxygens (including phenoxy) is 1. The van der Waals surface area contributed by atoms with Gasteiger partial charge in [-0.25, -0.2) is 4.79 Å². The van der Waals surface area contributed by atoms with Crippen molar-refractivity contribution in [3.05, 3.63) is 29.3 Å². The predicted molar refractivity (Wildman–Crippen MR) is 108 cm³/mol. The summed E-state index contributed by atoms with van der Waals surface area (Å²) in [5.74, 6) is -0.452. The molecular weight excluding hydrogens is 372 g/mol. The molecule has 1 saturated heterocycles. The first-order valence-corrected chi connectivity index (χ1v) is 10.5. The number of carbonyl (C=O) groups excluding carboxylic acids is 3. The van der Waals surface area contributed by atoms with E-state index in [0.29, 0.717) is 23.4 Å². The first-order valence-electron chi connectivity index (χ1n) is 10.5. The largest absolute Gasteiger partial charge is 0.379 e. The van der Waals surface area contributed by atoms with Crippen LogP contribution in [0, 0.1) is 0 Å². The molecule has 1 aromatic rings. The van der Waals surface area contributed by atoms with Crippen LogP contribution >= 0.6 is 0 Å². The Morgan fingerprint density at radius 2 is 1.76 bits per heavy atom. The molecule has 0 bridgehead atoms. The summed E-state index contributed by atoms with van der Waals surface area (Å²) in [7, 11) is 0. The minimum Gasteiger partial charge on any atom is -0.379 e. The number of morpholine rings is 1. The quantitative estimate of drug-likeness (QED) is 0.739. The Bertz CT molecular complexity index is 785. The van der Waals surface area contributed by atoms with Gasteiger partial charge in [-0.2, -0.15) is 0 Å². The van der Waals surface area contributed by atoms with Gasteiger partial charge in [-0.05, 0) is 31.0 Å². The lowest BCUT2D eigenvalue weighted by molar-refractivity contribution is 0.0388. The van der Waals surface area contributed by atoms with Crippen LogP contribution in [-0.4, -0.2) is 73.1 Å². The molecule has 0 spiro atoms. The van der Waals surface area contributed by atoms with Crippen molar-refractivity contribution >= 4 is 23.5 Å². The second kappa shape index (κ2) is 8.92. The van der Waals surface area contributed by atoms with Gasteiger partial charge in [-0.15, -0.1) is 0 Å². The third kappa shape index (κ3) is 4.43. The summed E-state index contributed by atoms with van der Waals surface area (Å²) in [5.41, 5.74) is 1.32. The van der Waals surface area contributed by atoms with E-state index >= 15 is 0 Å². The summed E-state index contributed by atoms with van der Waals surface area (Å²) in [6.45, 7) is 4.51. The number of rotatable bonds is 5. The highest BCUT2D eigenvalue weighted by molar-refractivity contribution is 6.22. The van der Waals surface area contributed by atoms with Crippen LogP contribution < -0.4 is 10.6 Å². The molecule has 0 unspecified atom stereocenters. The topological polar surface area (TPSA) is 91.0 Å². The maximum atomic E-state index is 12.9. The van der Waals surface area contributed by atoms with Crippen molar-refractivity contribution in [1.82, 2.24) is 15.1 Å². The van der Waals surface area contributed by atoms with Crippen molar-refractivity contribution in [2.45, 2.75) is 38.1 Å². The van der Waals surface area contributed by atoms with Crippen molar-refractivity contribution in [3.8, 4) is 0 Å². The number of carbonyl (C=O) groups is 3. The van der Waals surface area contributed by atoms with Crippen molar-refractivity contribution < 1.29 is 19.1 Å². The Labute approximate surface area is 170 Å². The fourth-order valence-corrected chi connectivity index (χ4v) is 4.34. The molecule has 2 aliphatic heterocycles. The lowest BCUT2D eigenvalue weighted by Crippen LogP contribution is -2.42. The smallest absolute Gasteiger partial charge is 0.319 e. The van der Waals surface area contributed by atoms with Crippen molar-refractivity contribution in [1.29, 1.82) is 0 Å². The molecule has 2 N–H and O–H groups in total. The molecule has 1 aromatic carbocycles. The molecule has 29 heavy (non-hydrogen) atoms. The Morgan fingerprint density at radius 3 is 2.52 bits per heavy atom. The van der Waals surface area contributed by atoms with E-state index < -0.39 is 0 Å². The Balaban J connectivity index is 1.34. The van der Waals surface area contributed by atoms with E-state index in [1.54, 1.807) is 18.2 Å². The summed E-state index contributed by atoms with van der Waals surface area (Å²) < 4.78 is 5.31. The van der Waals surface area contributed by atoms with Gasteiger partial charge in [0.15, 0.2) is 0 Å². The maximum Gasteiger partial charge on any atom is 0.319 e. The molecule has 0 aromatic heterocycles. The summed E-state index contributed by atoms with van der Waals surface area (Å²) >= 11 is 0. The predicted octanol–water partition coefficient (Wildman–Crippen LogP) is 2.07. The molecule has 1 saturated carbocycles. The van der Waals surface area contributed by atoms with Crippen LogP contribution in [-0.2, 0) is 4.74 Å². The summed E-state index contributed by atoms with van der Waals surface area (Å²) in [6, 6.07) is 4.60. The first-order chi connectivity index (χ1) is 14.1. The van der Waals surface area contributed by atoms with Crippen LogP contribution in [0.15, 0.2) is 18.2 Å². The molecule has 8 nitrogen and oxygen atoms in total. The number of nitrogens with one attached hydrogen (secondary N) is 2. The first kappa shape index (κ1) is 19.8. The zero-order chi connectivity index (χ0) is 20.2. The zero-order valence-electron chi connectivity index (χ0n) is 16.6.